The minimum Gasteiger partial charge on any atom is -0.365 e. The normalized spacial score (nSPS) is 23.1. The molecule has 0 radical (unpaired) electrons. The van der Waals surface area contributed by atoms with E-state index in [4.69, 9.17) is 4.98 Å². The van der Waals surface area contributed by atoms with Gasteiger partial charge in [0, 0.05) is 12.6 Å². The van der Waals surface area contributed by atoms with Gasteiger partial charge in [-0.05, 0) is 66.3 Å². The van der Waals surface area contributed by atoms with Crippen LogP contribution in [-0.2, 0) is 6.54 Å². The van der Waals surface area contributed by atoms with Crippen molar-refractivity contribution < 1.29 is 4.52 Å². The highest BCUT2D eigenvalue weighted by Gasteiger charge is 2.28. The quantitative estimate of drug-likeness (QED) is 0.494. The van der Waals surface area contributed by atoms with Crippen LogP contribution in [0.5, 0.6) is 0 Å². The number of hydrogen-bond acceptors (Lipinski definition) is 7. The van der Waals surface area contributed by atoms with Crippen LogP contribution < -0.4 is 11.1 Å². The number of fused-ring (bicyclic) bond motifs is 1. The Bertz CT molecular complexity index is 1120. The van der Waals surface area contributed by atoms with Gasteiger partial charge < -0.3 is 9.88 Å². The first kappa shape index (κ1) is 20.7. The zero-order valence-electron chi connectivity index (χ0n) is 17.9. The van der Waals surface area contributed by atoms with Crippen LogP contribution in [0.15, 0.2) is 14.1 Å². The van der Waals surface area contributed by atoms with Gasteiger partial charge in [0.15, 0.2) is 16.2 Å². The van der Waals surface area contributed by atoms with Crippen LogP contribution in [0, 0.1) is 17.8 Å². The average Bonchev–Trinajstić information content (AvgIpc) is 3.25. The first-order chi connectivity index (χ1) is 15.0. The third-order valence-electron chi connectivity index (χ3n) is 7.01. The predicted octanol–water partition coefficient (Wildman–Crippen LogP) is 4.36. The highest BCUT2D eigenvalue weighted by atomic mass is 79.9. The number of aromatic nitrogens is 6. The molecule has 5 rings (SSSR count). The van der Waals surface area contributed by atoms with E-state index < -0.39 is 5.76 Å². The Kier molecular flexibility index (Phi) is 5.58. The van der Waals surface area contributed by atoms with E-state index in [9.17, 15) is 4.79 Å². The Labute approximate surface area is 188 Å². The molecule has 1 unspecified atom stereocenters. The molecule has 0 aliphatic heterocycles. The van der Waals surface area contributed by atoms with Crippen LogP contribution >= 0.6 is 15.9 Å². The summed E-state index contributed by atoms with van der Waals surface area (Å²) in [4.78, 5) is 28.0. The SMILES string of the molecule is CC1CCC(Cn2c(Br)nc3nc(-c4noc(=O)[nH]4)nc(NC(C)C4CCC4)c32)CC1. The number of aromatic amines is 1. The second kappa shape index (κ2) is 8.37. The van der Waals surface area contributed by atoms with Crippen LogP contribution in [0.25, 0.3) is 22.8 Å². The fraction of sp³-hybridized carbons (Fsp3) is 0.667. The Hall–Kier alpha value is -2.23. The van der Waals surface area contributed by atoms with E-state index in [-0.39, 0.29) is 11.9 Å². The van der Waals surface area contributed by atoms with E-state index in [1.165, 1.54) is 44.9 Å². The minimum atomic E-state index is -0.630. The lowest BCUT2D eigenvalue weighted by molar-refractivity contribution is 0.265. The van der Waals surface area contributed by atoms with Crippen molar-refractivity contribution in [3.63, 3.8) is 0 Å². The summed E-state index contributed by atoms with van der Waals surface area (Å²) < 4.78 is 7.60. The van der Waals surface area contributed by atoms with Gasteiger partial charge in [-0.25, -0.2) is 19.7 Å². The molecule has 3 aromatic heterocycles. The van der Waals surface area contributed by atoms with Gasteiger partial charge in [-0.2, -0.15) is 0 Å². The summed E-state index contributed by atoms with van der Waals surface area (Å²) in [6.45, 7) is 5.43. The molecule has 2 N–H and O–H groups in total. The highest BCUT2D eigenvalue weighted by molar-refractivity contribution is 9.10. The molecule has 2 aliphatic carbocycles. The lowest BCUT2D eigenvalue weighted by Gasteiger charge is -2.32. The summed E-state index contributed by atoms with van der Waals surface area (Å²) in [5.41, 5.74) is 1.47. The van der Waals surface area contributed by atoms with Crippen LogP contribution in [0.2, 0.25) is 0 Å². The highest BCUT2D eigenvalue weighted by Crippen LogP contribution is 2.35. The lowest BCUT2D eigenvalue weighted by Crippen LogP contribution is -2.31. The summed E-state index contributed by atoms with van der Waals surface area (Å²) in [6, 6.07) is 0.286. The fourth-order valence-electron chi connectivity index (χ4n) is 4.75. The number of hydrogen-bond donors (Lipinski definition) is 2. The van der Waals surface area contributed by atoms with Gasteiger partial charge in [-0.1, -0.05) is 31.3 Å². The standard InChI is InChI=1S/C21H28BrN7O2/c1-11-6-8-13(9-7-11)10-29-15-16(23-12(2)14-4-3-5-14)24-18(19-27-21(30)31-28-19)25-17(15)26-20(29)22/h11-14H,3-10H2,1-2H3,(H,23,24,25)(H,27,28,30). The molecule has 0 aromatic carbocycles. The maximum absolute atomic E-state index is 11.4. The minimum absolute atomic E-state index is 0.207. The number of nitrogens with one attached hydrogen (secondary N) is 2. The van der Waals surface area contributed by atoms with E-state index in [1.807, 2.05) is 0 Å². The molecule has 2 saturated carbocycles. The number of nitrogens with zero attached hydrogens (tertiary/aromatic N) is 5. The number of anilines is 1. The first-order valence-corrected chi connectivity index (χ1v) is 12.0. The molecule has 0 amide bonds. The molecule has 0 bridgehead atoms. The van der Waals surface area contributed by atoms with E-state index >= 15 is 0 Å². The van der Waals surface area contributed by atoms with Gasteiger partial charge in [0.1, 0.15) is 5.52 Å². The Balaban J connectivity index is 1.55. The van der Waals surface area contributed by atoms with Gasteiger partial charge in [-0.3, -0.25) is 9.51 Å². The first-order valence-electron chi connectivity index (χ1n) is 11.2. The Morgan fingerprint density at radius 3 is 2.61 bits per heavy atom. The monoisotopic (exact) mass is 489 g/mol. The second-order valence-electron chi connectivity index (χ2n) is 9.25. The third-order valence-corrected chi connectivity index (χ3v) is 7.61. The molecule has 10 heteroatoms. The fourth-order valence-corrected chi connectivity index (χ4v) is 5.24. The van der Waals surface area contributed by atoms with Gasteiger partial charge in [-0.15, -0.1) is 0 Å². The van der Waals surface area contributed by atoms with Crippen LogP contribution in [0.3, 0.4) is 0 Å². The number of imidazole rings is 1. The summed E-state index contributed by atoms with van der Waals surface area (Å²) >= 11 is 3.65. The van der Waals surface area contributed by atoms with Crippen LogP contribution in [-0.4, -0.2) is 35.7 Å². The third kappa shape index (κ3) is 4.14. The van der Waals surface area contributed by atoms with Crippen molar-refractivity contribution in [2.45, 2.75) is 71.4 Å². The summed E-state index contributed by atoms with van der Waals surface area (Å²) in [6.07, 6.45) is 8.76. The van der Waals surface area contributed by atoms with E-state index in [0.29, 0.717) is 23.3 Å². The number of H-pyrrole nitrogens is 1. The molecule has 0 spiro atoms. The molecule has 2 fully saturated rings. The molecule has 3 heterocycles. The molecule has 2 aliphatic rings. The van der Waals surface area contributed by atoms with Gasteiger partial charge >= 0.3 is 5.76 Å². The molecular formula is C21H28BrN7O2. The molecule has 166 valence electrons. The number of rotatable bonds is 6. The summed E-state index contributed by atoms with van der Waals surface area (Å²) in [7, 11) is 0. The zero-order valence-corrected chi connectivity index (χ0v) is 19.5. The van der Waals surface area contributed by atoms with Crippen molar-refractivity contribution in [3.05, 3.63) is 15.3 Å². The van der Waals surface area contributed by atoms with Crippen molar-refractivity contribution in [3.8, 4) is 11.6 Å². The molecular weight excluding hydrogens is 462 g/mol. The molecule has 1 atom stereocenters. The van der Waals surface area contributed by atoms with Gasteiger partial charge in [0.25, 0.3) is 0 Å². The average molecular weight is 490 g/mol. The topological polar surface area (TPSA) is 115 Å². The maximum Gasteiger partial charge on any atom is 0.439 e. The van der Waals surface area contributed by atoms with Crippen molar-refractivity contribution in [1.29, 1.82) is 0 Å². The Morgan fingerprint density at radius 2 is 1.97 bits per heavy atom. The van der Waals surface area contributed by atoms with E-state index in [0.717, 1.165) is 28.5 Å². The van der Waals surface area contributed by atoms with Gasteiger partial charge in [0.2, 0.25) is 11.6 Å². The smallest absolute Gasteiger partial charge is 0.365 e. The molecule has 31 heavy (non-hydrogen) atoms. The largest absolute Gasteiger partial charge is 0.439 e. The van der Waals surface area contributed by atoms with E-state index in [1.54, 1.807) is 0 Å². The Morgan fingerprint density at radius 1 is 1.19 bits per heavy atom. The number of halogens is 1. The maximum atomic E-state index is 11.4. The lowest BCUT2D eigenvalue weighted by atomic mass is 9.80. The molecule has 3 aromatic rings. The van der Waals surface area contributed by atoms with Gasteiger partial charge in [0.05, 0.1) is 0 Å². The van der Waals surface area contributed by atoms with Crippen molar-refractivity contribution in [2.75, 3.05) is 5.32 Å². The van der Waals surface area contributed by atoms with Crippen molar-refractivity contribution >= 4 is 32.9 Å². The summed E-state index contributed by atoms with van der Waals surface area (Å²) in [5.74, 6) is 2.67. The summed E-state index contributed by atoms with van der Waals surface area (Å²) in [5, 5.41) is 7.38. The van der Waals surface area contributed by atoms with Crippen molar-refractivity contribution in [1.82, 2.24) is 29.7 Å². The van der Waals surface area contributed by atoms with Crippen molar-refractivity contribution in [2.24, 2.45) is 17.8 Å². The van der Waals surface area contributed by atoms with Crippen LogP contribution in [0.1, 0.15) is 58.8 Å². The predicted molar refractivity (Wildman–Crippen MR) is 121 cm³/mol. The molecule has 0 saturated heterocycles. The second-order valence-corrected chi connectivity index (χ2v) is 9.96. The van der Waals surface area contributed by atoms with E-state index in [2.05, 4.69) is 64.3 Å². The zero-order chi connectivity index (χ0) is 21.5. The molecule has 9 nitrogen and oxygen atoms in total. The van der Waals surface area contributed by atoms with Crippen LogP contribution in [0.4, 0.5) is 5.82 Å².